The number of carbonyl (C=O) groups excluding carboxylic acids is 1. The number of nitrogens with zero attached hydrogens (tertiary/aromatic N) is 1. The van der Waals surface area contributed by atoms with Crippen LogP contribution in [0.5, 0.6) is 5.75 Å². The third-order valence-corrected chi connectivity index (χ3v) is 4.84. The lowest BCUT2D eigenvalue weighted by molar-refractivity contribution is -0.116. The van der Waals surface area contributed by atoms with Crippen molar-refractivity contribution in [2.75, 3.05) is 7.11 Å². The third kappa shape index (κ3) is 4.58. The summed E-state index contributed by atoms with van der Waals surface area (Å²) in [6, 6.07) is 15.7. The molecule has 0 bridgehead atoms. The first-order valence-electron chi connectivity index (χ1n) is 8.26. The predicted molar refractivity (Wildman–Crippen MR) is 106 cm³/mol. The fourth-order valence-corrected chi connectivity index (χ4v) is 3.36. The van der Waals surface area contributed by atoms with Gasteiger partial charge in [-0.15, -0.1) is 11.3 Å². The highest BCUT2D eigenvalue weighted by molar-refractivity contribution is 7.13. The molecule has 0 radical (unpaired) electrons. The van der Waals surface area contributed by atoms with Gasteiger partial charge in [0.1, 0.15) is 10.8 Å². The molecule has 5 heteroatoms. The number of aryl methyl sites for hydroxylation is 1. The molecule has 1 aromatic heterocycles. The van der Waals surface area contributed by atoms with E-state index in [0.29, 0.717) is 6.54 Å². The number of methoxy groups -OCH3 is 1. The monoisotopic (exact) mass is 364 g/mol. The summed E-state index contributed by atoms with van der Waals surface area (Å²) in [6.07, 6.45) is 3.30. The second-order valence-corrected chi connectivity index (χ2v) is 6.64. The Kier molecular flexibility index (Phi) is 5.81. The lowest BCUT2D eigenvalue weighted by Crippen LogP contribution is -2.20. The first-order chi connectivity index (χ1) is 12.7. The maximum Gasteiger partial charge on any atom is 0.244 e. The predicted octanol–water partition coefficient (Wildman–Crippen LogP) is 4.46. The molecule has 0 aliphatic rings. The number of hydrogen-bond acceptors (Lipinski definition) is 4. The highest BCUT2D eigenvalue weighted by Gasteiger charge is 2.07. The van der Waals surface area contributed by atoms with Crippen LogP contribution in [0.1, 0.15) is 16.8 Å². The summed E-state index contributed by atoms with van der Waals surface area (Å²) in [5.41, 5.74) is 4.13. The quantitative estimate of drug-likeness (QED) is 0.657. The van der Waals surface area contributed by atoms with Crippen molar-refractivity contribution in [3.63, 3.8) is 0 Å². The molecule has 4 nitrogen and oxygen atoms in total. The number of ether oxygens (including phenoxy) is 1. The molecule has 0 fully saturated rings. The Balaban J connectivity index is 1.56. The maximum absolute atomic E-state index is 12.0. The van der Waals surface area contributed by atoms with Gasteiger partial charge in [0.25, 0.3) is 0 Å². The lowest BCUT2D eigenvalue weighted by atomic mass is 10.1. The van der Waals surface area contributed by atoms with Crippen LogP contribution < -0.4 is 10.1 Å². The fourth-order valence-electron chi connectivity index (χ4n) is 2.45. The van der Waals surface area contributed by atoms with E-state index in [4.69, 9.17) is 4.74 Å². The van der Waals surface area contributed by atoms with Crippen LogP contribution in [0.15, 0.2) is 60.0 Å². The zero-order chi connectivity index (χ0) is 18.4. The molecule has 1 heterocycles. The minimum Gasteiger partial charge on any atom is -0.497 e. The molecule has 26 heavy (non-hydrogen) atoms. The summed E-state index contributed by atoms with van der Waals surface area (Å²) in [5.74, 6) is 0.644. The molecule has 0 unspecified atom stereocenters. The molecular weight excluding hydrogens is 344 g/mol. The number of carbonyl (C=O) groups is 1. The number of thiazole rings is 1. The Bertz CT molecular complexity index is 914. The van der Waals surface area contributed by atoms with Gasteiger partial charge in [0.2, 0.25) is 5.91 Å². The Hall–Kier alpha value is -2.92. The van der Waals surface area contributed by atoms with E-state index in [1.54, 1.807) is 24.5 Å². The topological polar surface area (TPSA) is 51.2 Å². The number of nitrogens with one attached hydrogen (secondary N) is 1. The summed E-state index contributed by atoms with van der Waals surface area (Å²) < 4.78 is 5.11. The van der Waals surface area contributed by atoms with Crippen molar-refractivity contribution in [3.8, 4) is 16.3 Å². The summed E-state index contributed by atoms with van der Waals surface area (Å²) in [7, 11) is 1.63. The van der Waals surface area contributed by atoms with Crippen molar-refractivity contribution < 1.29 is 9.53 Å². The Morgan fingerprint density at radius 1 is 1.19 bits per heavy atom. The van der Waals surface area contributed by atoms with Gasteiger partial charge in [-0.25, -0.2) is 4.98 Å². The molecule has 2 aromatic carbocycles. The van der Waals surface area contributed by atoms with Crippen LogP contribution in [0, 0.1) is 6.92 Å². The normalized spacial score (nSPS) is 10.8. The van der Waals surface area contributed by atoms with E-state index in [2.05, 4.69) is 29.4 Å². The Morgan fingerprint density at radius 2 is 1.96 bits per heavy atom. The second-order valence-electron chi connectivity index (χ2n) is 5.78. The van der Waals surface area contributed by atoms with Crippen LogP contribution >= 0.6 is 11.3 Å². The lowest BCUT2D eigenvalue weighted by Gasteiger charge is -2.01. The number of hydrogen-bond donors (Lipinski definition) is 1. The zero-order valence-electron chi connectivity index (χ0n) is 14.7. The first kappa shape index (κ1) is 17.9. The van der Waals surface area contributed by atoms with Crippen LogP contribution in [0.25, 0.3) is 16.6 Å². The average Bonchev–Trinajstić information content (AvgIpc) is 3.14. The van der Waals surface area contributed by atoms with Gasteiger partial charge in [-0.3, -0.25) is 4.79 Å². The average molecular weight is 364 g/mol. The fraction of sp³-hybridized carbons (Fsp3) is 0.143. The van der Waals surface area contributed by atoms with Crippen LogP contribution in [0.3, 0.4) is 0 Å². The van der Waals surface area contributed by atoms with E-state index >= 15 is 0 Å². The van der Waals surface area contributed by atoms with E-state index in [1.165, 1.54) is 11.6 Å². The SMILES string of the molecule is COc1ccc(/C=C/C(=O)NCc2csc(-c3ccccc3C)n2)cc1. The Morgan fingerprint density at radius 3 is 2.69 bits per heavy atom. The molecule has 3 rings (SSSR count). The standard InChI is InChI=1S/C21H20N2O2S/c1-15-5-3-4-6-19(15)21-23-17(14-26-21)13-22-20(24)12-9-16-7-10-18(25-2)11-8-16/h3-12,14H,13H2,1-2H3,(H,22,24)/b12-9+. The second kappa shape index (κ2) is 8.45. The van der Waals surface area contributed by atoms with Crippen LogP contribution in [-0.2, 0) is 11.3 Å². The highest BCUT2D eigenvalue weighted by Crippen LogP contribution is 2.26. The van der Waals surface area contributed by atoms with Gasteiger partial charge in [-0.05, 0) is 36.3 Å². The summed E-state index contributed by atoms with van der Waals surface area (Å²) >= 11 is 1.59. The molecule has 0 aliphatic heterocycles. The van der Waals surface area contributed by atoms with Crippen molar-refractivity contribution in [1.29, 1.82) is 0 Å². The third-order valence-electron chi connectivity index (χ3n) is 3.91. The van der Waals surface area contributed by atoms with Gasteiger partial charge < -0.3 is 10.1 Å². The van der Waals surface area contributed by atoms with Crippen molar-refractivity contribution in [2.45, 2.75) is 13.5 Å². The molecule has 0 saturated carbocycles. The van der Waals surface area contributed by atoms with Gasteiger partial charge >= 0.3 is 0 Å². The van der Waals surface area contributed by atoms with E-state index in [-0.39, 0.29) is 5.91 Å². The van der Waals surface area contributed by atoms with Crippen molar-refractivity contribution in [3.05, 3.63) is 76.8 Å². The van der Waals surface area contributed by atoms with Gasteiger partial charge in [-0.2, -0.15) is 0 Å². The molecule has 132 valence electrons. The Labute approximate surface area is 157 Å². The van der Waals surface area contributed by atoms with Crippen LogP contribution in [0.4, 0.5) is 0 Å². The summed E-state index contributed by atoms with van der Waals surface area (Å²) in [5, 5.41) is 5.82. The van der Waals surface area contributed by atoms with E-state index < -0.39 is 0 Å². The largest absolute Gasteiger partial charge is 0.497 e. The number of aromatic nitrogens is 1. The van der Waals surface area contributed by atoms with Crippen molar-refractivity contribution in [1.82, 2.24) is 10.3 Å². The summed E-state index contributed by atoms with van der Waals surface area (Å²) in [6.45, 7) is 2.48. The van der Waals surface area contributed by atoms with Crippen molar-refractivity contribution >= 4 is 23.3 Å². The number of rotatable bonds is 6. The molecule has 0 saturated heterocycles. The molecule has 1 N–H and O–H groups in total. The van der Waals surface area contributed by atoms with Crippen LogP contribution in [0.2, 0.25) is 0 Å². The maximum atomic E-state index is 12.0. The smallest absolute Gasteiger partial charge is 0.244 e. The van der Waals surface area contributed by atoms with E-state index in [9.17, 15) is 4.79 Å². The molecule has 0 spiro atoms. The minimum absolute atomic E-state index is 0.147. The van der Waals surface area contributed by atoms with Gasteiger partial charge in [0, 0.05) is 17.0 Å². The van der Waals surface area contributed by atoms with Gasteiger partial charge in [0.05, 0.1) is 19.3 Å². The van der Waals surface area contributed by atoms with E-state index in [0.717, 1.165) is 27.6 Å². The summed E-state index contributed by atoms with van der Waals surface area (Å²) in [4.78, 5) is 16.6. The molecule has 1 amide bonds. The van der Waals surface area contributed by atoms with Gasteiger partial charge in [-0.1, -0.05) is 36.4 Å². The van der Waals surface area contributed by atoms with Gasteiger partial charge in [0.15, 0.2) is 0 Å². The van der Waals surface area contributed by atoms with Crippen LogP contribution in [-0.4, -0.2) is 18.0 Å². The highest BCUT2D eigenvalue weighted by atomic mass is 32.1. The molecule has 3 aromatic rings. The number of benzene rings is 2. The van der Waals surface area contributed by atoms with E-state index in [1.807, 2.05) is 41.8 Å². The number of amides is 1. The molecular formula is C21H20N2O2S. The van der Waals surface area contributed by atoms with Crippen molar-refractivity contribution in [2.24, 2.45) is 0 Å². The minimum atomic E-state index is -0.147. The molecule has 0 atom stereocenters. The first-order valence-corrected chi connectivity index (χ1v) is 9.14. The zero-order valence-corrected chi connectivity index (χ0v) is 15.5. The molecule has 0 aliphatic carbocycles.